The van der Waals surface area contributed by atoms with Crippen molar-refractivity contribution in [3.8, 4) is 0 Å². The van der Waals surface area contributed by atoms with E-state index in [0.29, 0.717) is 6.42 Å². The minimum Gasteiger partial charge on any atom is -0.481 e. The van der Waals surface area contributed by atoms with Gasteiger partial charge >= 0.3 is 11.9 Å². The molecule has 2 aliphatic heterocycles. The molecule has 3 unspecified atom stereocenters. The monoisotopic (exact) mass is 652 g/mol. The largest absolute Gasteiger partial charge is 0.481 e. The zero-order chi connectivity index (χ0) is 30.7. The summed E-state index contributed by atoms with van der Waals surface area (Å²) in [5.41, 5.74) is 3.79. The second-order valence-corrected chi connectivity index (χ2v) is 12.6. The van der Waals surface area contributed by atoms with E-state index in [2.05, 4.69) is 36.1 Å². The van der Waals surface area contributed by atoms with Crippen LogP contribution in [-0.4, -0.2) is 116 Å². The molecule has 2 amide bonds. The first-order valence-electron chi connectivity index (χ1n) is 12.5. The van der Waals surface area contributed by atoms with E-state index < -0.39 is 52.8 Å². The van der Waals surface area contributed by atoms with Crippen molar-refractivity contribution in [2.24, 2.45) is 15.7 Å². The van der Waals surface area contributed by atoms with E-state index >= 15 is 0 Å². The van der Waals surface area contributed by atoms with E-state index in [1.807, 2.05) is 12.2 Å². The number of carbonyl (C=O) groups is 4. The number of nitrogen functional groups attached to an aromatic ring is 1. The summed E-state index contributed by atoms with van der Waals surface area (Å²) in [5, 5.41) is 49.9. The van der Waals surface area contributed by atoms with Crippen LogP contribution in [0.2, 0.25) is 0 Å². The fraction of sp³-hybridized carbons (Fsp3) is 0.455. The lowest BCUT2D eigenvalue weighted by atomic mass is 9.89. The summed E-state index contributed by atoms with van der Waals surface area (Å²) in [7, 11) is 0. The Morgan fingerprint density at radius 2 is 2.14 bits per heavy atom. The van der Waals surface area contributed by atoms with E-state index in [1.54, 1.807) is 5.38 Å². The summed E-state index contributed by atoms with van der Waals surface area (Å²) in [6.45, 7) is -0.593. The third-order valence-electron chi connectivity index (χ3n) is 6.76. The van der Waals surface area contributed by atoms with Gasteiger partial charge in [0.15, 0.2) is 16.6 Å². The fourth-order valence-electron chi connectivity index (χ4n) is 4.42. The van der Waals surface area contributed by atoms with Gasteiger partial charge in [-0.3, -0.25) is 14.4 Å². The number of oxime groups is 2. The van der Waals surface area contributed by atoms with E-state index in [1.165, 1.54) is 16.7 Å². The number of carbonyl (C=O) groups excluding carboxylic acids is 2. The Morgan fingerprint density at radius 1 is 1.33 bits per heavy atom. The highest BCUT2D eigenvalue weighted by Crippen LogP contribution is 2.44. The van der Waals surface area contributed by atoms with Crippen LogP contribution in [0.15, 0.2) is 33.0 Å². The Bertz CT molecular complexity index is 1530. The average Bonchev–Trinajstić information content (AvgIpc) is 3.76. The number of nitrogens with one attached hydrogen (secondary N) is 1. The lowest BCUT2D eigenvalue weighted by molar-refractivity contribution is -0.157. The zero-order valence-corrected chi connectivity index (χ0v) is 24.4. The Labute approximate surface area is 254 Å². The standard InChI is InChI=1S/C22H24N10O8S3/c23-20-24-12(6-41-20)13(28-40-10-3-1-2-4-10)15(33)25-14-16(34)31-7-22(19(37)38,8-42-17(14)31)9-43-21-26-29-30-32(21)5-11(27-39)18(35)36/h1,3,6,10,14,17,39H,2,4-5,7-9H2,(H2,23,24)(H,25,33)(H,35,36)(H,37,38)/t10?,14?,17-,22?/m1/s1. The quantitative estimate of drug-likeness (QED) is 0.0475. The predicted molar refractivity (Wildman–Crippen MR) is 152 cm³/mol. The van der Waals surface area contributed by atoms with Gasteiger partial charge in [-0.25, -0.2) is 14.5 Å². The number of anilines is 1. The number of β-lactam (4-membered cyclic amide) rings is 1. The van der Waals surface area contributed by atoms with Gasteiger partial charge < -0.3 is 36.2 Å². The number of rotatable bonds is 12. The van der Waals surface area contributed by atoms with Crippen molar-refractivity contribution in [3.63, 3.8) is 0 Å². The molecule has 0 bridgehead atoms. The van der Waals surface area contributed by atoms with Crippen LogP contribution in [0.1, 0.15) is 18.5 Å². The van der Waals surface area contributed by atoms with Crippen LogP contribution >= 0.6 is 34.9 Å². The predicted octanol–water partition coefficient (Wildman–Crippen LogP) is -0.671. The molecule has 0 saturated carbocycles. The summed E-state index contributed by atoms with van der Waals surface area (Å²) in [4.78, 5) is 61.0. The molecule has 4 heterocycles. The average molecular weight is 653 g/mol. The van der Waals surface area contributed by atoms with Crippen molar-refractivity contribution in [3.05, 3.63) is 23.2 Å². The molecule has 2 saturated heterocycles. The van der Waals surface area contributed by atoms with Gasteiger partial charge in [-0.1, -0.05) is 28.1 Å². The van der Waals surface area contributed by atoms with E-state index in [4.69, 9.17) is 20.9 Å². The van der Waals surface area contributed by atoms with Gasteiger partial charge in [0, 0.05) is 23.4 Å². The number of thioether (sulfide) groups is 2. The second-order valence-electron chi connectivity index (χ2n) is 9.62. The number of carboxylic acids is 2. The lowest BCUT2D eigenvalue weighted by Gasteiger charge is -2.53. The molecule has 0 aromatic carbocycles. The van der Waals surface area contributed by atoms with Gasteiger partial charge in [-0.15, -0.1) is 28.2 Å². The number of tetrazole rings is 1. The maximum Gasteiger partial charge on any atom is 0.355 e. The van der Waals surface area contributed by atoms with Crippen LogP contribution in [0.25, 0.3) is 0 Å². The molecule has 21 heteroatoms. The molecule has 0 radical (unpaired) electrons. The molecule has 43 heavy (non-hydrogen) atoms. The van der Waals surface area contributed by atoms with Crippen molar-refractivity contribution in [2.75, 3.05) is 23.8 Å². The van der Waals surface area contributed by atoms with Crippen LogP contribution in [-0.2, 0) is 30.6 Å². The van der Waals surface area contributed by atoms with E-state index in [0.717, 1.165) is 34.2 Å². The number of amides is 2. The molecule has 1 aliphatic carbocycles. The van der Waals surface area contributed by atoms with Crippen LogP contribution < -0.4 is 11.1 Å². The molecular formula is C22H24N10O8S3. The Morgan fingerprint density at radius 3 is 2.79 bits per heavy atom. The van der Waals surface area contributed by atoms with Crippen molar-refractivity contribution >= 4 is 75.2 Å². The van der Waals surface area contributed by atoms with Gasteiger partial charge in [0.1, 0.15) is 28.6 Å². The van der Waals surface area contributed by atoms with Crippen molar-refractivity contribution in [2.45, 2.75) is 42.1 Å². The number of hydrogen-bond acceptors (Lipinski definition) is 16. The molecule has 5 rings (SSSR count). The third-order valence-corrected chi connectivity index (χ3v) is 10.3. The molecule has 2 aromatic rings. The minimum absolute atomic E-state index is 0.0586. The molecule has 4 atom stereocenters. The third kappa shape index (κ3) is 6.27. The molecule has 2 aromatic heterocycles. The highest BCUT2D eigenvalue weighted by atomic mass is 32.2. The maximum atomic E-state index is 13.2. The number of carboxylic acid groups (broad SMARTS) is 2. The molecule has 6 N–H and O–H groups in total. The number of aliphatic carboxylic acids is 2. The maximum absolute atomic E-state index is 13.2. The lowest BCUT2D eigenvalue weighted by Crippen LogP contribution is -2.74. The van der Waals surface area contributed by atoms with E-state index in [9.17, 15) is 24.3 Å². The molecule has 18 nitrogen and oxygen atoms in total. The fourth-order valence-corrected chi connectivity index (χ4v) is 7.70. The Kier molecular flexibility index (Phi) is 8.82. The molecule has 2 fully saturated rings. The smallest absolute Gasteiger partial charge is 0.355 e. The first kappa shape index (κ1) is 30.2. The van der Waals surface area contributed by atoms with Crippen LogP contribution in [0.3, 0.4) is 0 Å². The van der Waals surface area contributed by atoms with Crippen LogP contribution in [0.4, 0.5) is 5.13 Å². The number of allylic oxidation sites excluding steroid dienone is 1. The SMILES string of the molecule is Nc1nc(C(=NOC2C=CCC2)C(=O)NC2C(=O)N3CC(CSc4nnnn4CC(=NO)C(=O)O)(C(=O)O)CS[C@H]23)cs1. The summed E-state index contributed by atoms with van der Waals surface area (Å²) in [6, 6.07) is -0.927. The summed E-state index contributed by atoms with van der Waals surface area (Å²) in [6.07, 6.45) is 5.04. The number of thiazole rings is 1. The van der Waals surface area contributed by atoms with Gasteiger partial charge in [0.25, 0.3) is 5.91 Å². The van der Waals surface area contributed by atoms with Crippen LogP contribution in [0, 0.1) is 5.41 Å². The highest BCUT2D eigenvalue weighted by Gasteiger charge is 2.57. The number of nitrogens with zero attached hydrogens (tertiary/aromatic N) is 8. The number of nitrogens with two attached hydrogens (primary N) is 1. The van der Waals surface area contributed by atoms with Gasteiger partial charge in [-0.2, -0.15) is 0 Å². The van der Waals surface area contributed by atoms with Crippen molar-refractivity contribution in [1.82, 2.24) is 35.4 Å². The molecule has 228 valence electrons. The van der Waals surface area contributed by atoms with Crippen LogP contribution in [0.5, 0.6) is 0 Å². The summed E-state index contributed by atoms with van der Waals surface area (Å²) in [5.74, 6) is -3.74. The zero-order valence-electron chi connectivity index (χ0n) is 22.0. The van der Waals surface area contributed by atoms with Crippen molar-refractivity contribution < 1.29 is 39.4 Å². The first-order chi connectivity index (χ1) is 20.6. The normalized spacial score (nSPS) is 25.3. The number of fused-ring (bicyclic) bond motifs is 1. The molecular weight excluding hydrogens is 629 g/mol. The van der Waals surface area contributed by atoms with Gasteiger partial charge in [0.2, 0.25) is 11.1 Å². The Hall–Kier alpha value is -4.24. The second kappa shape index (κ2) is 12.6. The highest BCUT2D eigenvalue weighted by molar-refractivity contribution is 8.00. The number of hydrogen-bond donors (Lipinski definition) is 5. The minimum atomic E-state index is -1.48. The van der Waals surface area contributed by atoms with Gasteiger partial charge in [0.05, 0.1) is 6.54 Å². The summed E-state index contributed by atoms with van der Waals surface area (Å²) >= 11 is 3.28. The molecule has 0 spiro atoms. The van der Waals surface area contributed by atoms with Crippen molar-refractivity contribution in [1.29, 1.82) is 0 Å². The topological polar surface area (TPSA) is 261 Å². The molecule has 3 aliphatic rings. The summed E-state index contributed by atoms with van der Waals surface area (Å²) < 4.78 is 1.06. The number of aromatic nitrogens is 5. The first-order valence-corrected chi connectivity index (χ1v) is 15.4. The van der Waals surface area contributed by atoms with E-state index in [-0.39, 0.29) is 45.8 Å². The van der Waals surface area contributed by atoms with Gasteiger partial charge in [-0.05, 0) is 29.3 Å². The Balaban J connectivity index is 1.24.